The second kappa shape index (κ2) is 6.19. The largest absolute Gasteiger partial charge is 0.376 e. The lowest BCUT2D eigenvalue weighted by Gasteiger charge is -2.26. The average Bonchev–Trinajstić information content (AvgIpc) is 2.63. The SMILES string of the molecule is Cc1ccc2cc3c(N(CO)c4ccccc4)c(C)ccc3nc2c1. The zero-order valence-electron chi connectivity index (χ0n) is 14.4. The number of aliphatic hydroxyl groups is 1. The monoisotopic (exact) mass is 328 g/mol. The van der Waals surface area contributed by atoms with Crippen molar-refractivity contribution in [2.45, 2.75) is 13.8 Å². The molecule has 1 N–H and O–H groups in total. The molecule has 0 saturated carbocycles. The number of aryl methyl sites for hydroxylation is 2. The van der Waals surface area contributed by atoms with E-state index < -0.39 is 0 Å². The molecule has 0 aliphatic carbocycles. The molecule has 3 nitrogen and oxygen atoms in total. The Morgan fingerprint density at radius 3 is 2.44 bits per heavy atom. The van der Waals surface area contributed by atoms with Gasteiger partial charge in [0.05, 0.1) is 16.7 Å². The Kier molecular flexibility index (Phi) is 3.86. The molecule has 3 heteroatoms. The Bertz CT molecular complexity index is 1060. The number of fused-ring (bicyclic) bond motifs is 2. The number of pyridine rings is 1. The number of aromatic nitrogens is 1. The first-order valence-corrected chi connectivity index (χ1v) is 8.41. The maximum atomic E-state index is 10.1. The number of aliphatic hydroxyl groups excluding tert-OH is 1. The molecule has 4 aromatic rings. The van der Waals surface area contributed by atoms with Crippen LogP contribution >= 0.6 is 0 Å². The molecule has 0 saturated heterocycles. The molecule has 0 aliphatic rings. The molecule has 0 spiro atoms. The van der Waals surface area contributed by atoms with E-state index in [0.717, 1.165) is 38.7 Å². The number of hydrogen-bond acceptors (Lipinski definition) is 3. The number of hydrogen-bond donors (Lipinski definition) is 1. The summed E-state index contributed by atoms with van der Waals surface area (Å²) in [5.41, 5.74) is 6.21. The maximum Gasteiger partial charge on any atom is 0.120 e. The summed E-state index contributed by atoms with van der Waals surface area (Å²) in [7, 11) is 0. The quantitative estimate of drug-likeness (QED) is 0.420. The average molecular weight is 328 g/mol. The van der Waals surface area contributed by atoms with Gasteiger partial charge in [-0.1, -0.05) is 36.4 Å². The molecular formula is C22H20N2O. The minimum atomic E-state index is -0.0874. The van der Waals surface area contributed by atoms with Crippen LogP contribution in [0, 0.1) is 13.8 Å². The van der Waals surface area contributed by atoms with Crippen LogP contribution in [0.4, 0.5) is 11.4 Å². The van der Waals surface area contributed by atoms with Crippen LogP contribution in [-0.2, 0) is 0 Å². The standard InChI is InChI=1S/C22H20N2O/c1-15-8-10-17-13-19-20(23-21(17)12-15)11-9-16(2)22(19)24(14-25)18-6-4-3-5-7-18/h3-13,25H,14H2,1-2H3. The van der Waals surface area contributed by atoms with Crippen LogP contribution in [0.5, 0.6) is 0 Å². The van der Waals surface area contributed by atoms with Gasteiger partial charge < -0.3 is 10.0 Å². The van der Waals surface area contributed by atoms with Crippen LogP contribution in [0.15, 0.2) is 66.7 Å². The molecule has 0 aliphatic heterocycles. The van der Waals surface area contributed by atoms with Crippen molar-refractivity contribution in [3.8, 4) is 0 Å². The third-order valence-corrected chi connectivity index (χ3v) is 4.60. The molecule has 3 aromatic carbocycles. The molecule has 0 atom stereocenters. The molecule has 1 aromatic heterocycles. The Balaban J connectivity index is 2.01. The van der Waals surface area contributed by atoms with Gasteiger partial charge in [0.15, 0.2) is 0 Å². The first-order valence-electron chi connectivity index (χ1n) is 8.41. The molecule has 4 rings (SSSR count). The fraction of sp³-hybridized carbons (Fsp3) is 0.136. The summed E-state index contributed by atoms with van der Waals surface area (Å²) in [4.78, 5) is 6.77. The summed E-state index contributed by atoms with van der Waals surface area (Å²) in [5.74, 6) is 0. The molecule has 0 amide bonds. The minimum absolute atomic E-state index is 0.0874. The van der Waals surface area contributed by atoms with Gasteiger partial charge in [0.2, 0.25) is 0 Å². The van der Waals surface area contributed by atoms with Gasteiger partial charge in [0.1, 0.15) is 6.73 Å². The van der Waals surface area contributed by atoms with Crippen LogP contribution in [0.25, 0.3) is 21.8 Å². The van der Waals surface area contributed by atoms with E-state index in [1.807, 2.05) is 35.2 Å². The van der Waals surface area contributed by atoms with Gasteiger partial charge in [-0.15, -0.1) is 0 Å². The third-order valence-electron chi connectivity index (χ3n) is 4.60. The number of para-hydroxylation sites is 1. The second-order valence-electron chi connectivity index (χ2n) is 6.39. The highest BCUT2D eigenvalue weighted by atomic mass is 16.3. The van der Waals surface area contributed by atoms with Gasteiger partial charge in [-0.25, -0.2) is 4.98 Å². The van der Waals surface area contributed by atoms with Gasteiger partial charge in [0.25, 0.3) is 0 Å². The van der Waals surface area contributed by atoms with Crippen LogP contribution in [-0.4, -0.2) is 16.8 Å². The molecule has 1 heterocycles. The third kappa shape index (κ3) is 2.73. The Morgan fingerprint density at radius 2 is 1.68 bits per heavy atom. The fourth-order valence-electron chi connectivity index (χ4n) is 3.35. The van der Waals surface area contributed by atoms with Gasteiger partial charge in [-0.3, -0.25) is 0 Å². The van der Waals surface area contributed by atoms with Crippen molar-refractivity contribution in [2.75, 3.05) is 11.6 Å². The van der Waals surface area contributed by atoms with Crippen molar-refractivity contribution in [1.82, 2.24) is 4.98 Å². The lowest BCUT2D eigenvalue weighted by atomic mass is 10.0. The molecular weight excluding hydrogens is 308 g/mol. The molecule has 0 radical (unpaired) electrons. The van der Waals surface area contributed by atoms with E-state index in [1.54, 1.807) is 0 Å². The van der Waals surface area contributed by atoms with Crippen molar-refractivity contribution in [1.29, 1.82) is 0 Å². The molecule has 25 heavy (non-hydrogen) atoms. The Labute approximate surface area is 147 Å². The van der Waals surface area contributed by atoms with E-state index in [0.29, 0.717) is 0 Å². The molecule has 0 fully saturated rings. The van der Waals surface area contributed by atoms with E-state index in [1.165, 1.54) is 5.56 Å². The first-order chi connectivity index (χ1) is 12.2. The van der Waals surface area contributed by atoms with Gasteiger partial charge in [-0.05, 0) is 55.3 Å². The van der Waals surface area contributed by atoms with Crippen LogP contribution in [0.1, 0.15) is 11.1 Å². The van der Waals surface area contributed by atoms with Gasteiger partial charge in [0, 0.05) is 16.5 Å². The normalized spacial score (nSPS) is 11.2. The zero-order chi connectivity index (χ0) is 17.4. The van der Waals surface area contributed by atoms with Crippen LogP contribution < -0.4 is 4.90 Å². The maximum absolute atomic E-state index is 10.1. The lowest BCUT2D eigenvalue weighted by molar-refractivity contribution is 0.305. The summed E-state index contributed by atoms with van der Waals surface area (Å²) in [6, 6.07) is 22.6. The highest BCUT2D eigenvalue weighted by Gasteiger charge is 2.15. The van der Waals surface area contributed by atoms with Crippen molar-refractivity contribution < 1.29 is 5.11 Å². The van der Waals surface area contributed by atoms with Gasteiger partial charge >= 0.3 is 0 Å². The minimum Gasteiger partial charge on any atom is -0.376 e. The highest BCUT2D eigenvalue weighted by Crippen LogP contribution is 2.35. The number of anilines is 2. The summed E-state index contributed by atoms with van der Waals surface area (Å²) in [6.07, 6.45) is 0. The smallest absolute Gasteiger partial charge is 0.120 e. The van der Waals surface area contributed by atoms with Crippen LogP contribution in [0.2, 0.25) is 0 Å². The second-order valence-corrected chi connectivity index (χ2v) is 6.39. The Hall–Kier alpha value is -2.91. The van der Waals surface area contributed by atoms with E-state index in [2.05, 4.69) is 50.2 Å². The van der Waals surface area contributed by atoms with E-state index in [4.69, 9.17) is 4.98 Å². The molecule has 124 valence electrons. The van der Waals surface area contributed by atoms with E-state index in [-0.39, 0.29) is 6.73 Å². The number of rotatable bonds is 3. The molecule has 0 bridgehead atoms. The number of benzene rings is 3. The summed E-state index contributed by atoms with van der Waals surface area (Å²) < 4.78 is 0. The topological polar surface area (TPSA) is 36.4 Å². The predicted molar refractivity (Wildman–Crippen MR) is 104 cm³/mol. The fourth-order valence-corrected chi connectivity index (χ4v) is 3.35. The van der Waals surface area contributed by atoms with Crippen molar-refractivity contribution in [3.63, 3.8) is 0 Å². The van der Waals surface area contributed by atoms with Crippen LogP contribution in [0.3, 0.4) is 0 Å². The van der Waals surface area contributed by atoms with E-state index in [9.17, 15) is 5.11 Å². The summed E-state index contributed by atoms with van der Waals surface area (Å²) in [6.45, 7) is 4.06. The lowest BCUT2D eigenvalue weighted by Crippen LogP contribution is -2.19. The highest BCUT2D eigenvalue weighted by molar-refractivity contribution is 6.02. The van der Waals surface area contributed by atoms with E-state index >= 15 is 0 Å². The number of nitrogens with zero attached hydrogens (tertiary/aromatic N) is 2. The molecule has 0 unspecified atom stereocenters. The first kappa shape index (κ1) is 15.6. The van der Waals surface area contributed by atoms with Crippen molar-refractivity contribution in [2.24, 2.45) is 0 Å². The zero-order valence-corrected chi connectivity index (χ0v) is 14.4. The predicted octanol–water partition coefficient (Wildman–Crippen LogP) is 5.09. The van der Waals surface area contributed by atoms with Crippen molar-refractivity contribution in [3.05, 3.63) is 77.9 Å². The van der Waals surface area contributed by atoms with Crippen molar-refractivity contribution >= 4 is 33.2 Å². The Morgan fingerprint density at radius 1 is 0.880 bits per heavy atom. The summed E-state index contributed by atoms with van der Waals surface area (Å²) >= 11 is 0. The van der Waals surface area contributed by atoms with Gasteiger partial charge in [-0.2, -0.15) is 0 Å². The summed E-state index contributed by atoms with van der Waals surface area (Å²) in [5, 5.41) is 12.2.